The molecule has 1 atom stereocenters. The highest BCUT2D eigenvalue weighted by Gasteiger charge is 2.33. The van der Waals surface area contributed by atoms with Crippen LogP contribution in [0.2, 0.25) is 15.1 Å². The van der Waals surface area contributed by atoms with E-state index in [0.29, 0.717) is 5.02 Å². The van der Waals surface area contributed by atoms with Crippen molar-refractivity contribution in [3.8, 4) is 0 Å². The third kappa shape index (κ3) is 8.11. The average Bonchev–Trinajstić information content (AvgIpc) is 2.85. The maximum atomic E-state index is 13.9. The Hall–Kier alpha value is -2.78. The molecule has 0 aliphatic heterocycles. The second-order valence-electron chi connectivity index (χ2n) is 9.44. The van der Waals surface area contributed by atoms with E-state index >= 15 is 0 Å². The van der Waals surface area contributed by atoms with Gasteiger partial charge in [-0.15, -0.1) is 0 Å². The van der Waals surface area contributed by atoms with Crippen LogP contribution in [0.4, 0.5) is 5.69 Å². The van der Waals surface area contributed by atoms with Crippen molar-refractivity contribution in [3.05, 3.63) is 92.9 Å². The molecule has 0 saturated carbocycles. The molecule has 0 radical (unpaired) electrons. The molecule has 0 aliphatic carbocycles. The van der Waals surface area contributed by atoms with Gasteiger partial charge in [-0.05, 0) is 75.7 Å². The summed E-state index contributed by atoms with van der Waals surface area (Å²) in [6.07, 6.45) is 0. The second-order valence-corrected chi connectivity index (χ2v) is 12.6. The van der Waals surface area contributed by atoms with Crippen molar-refractivity contribution in [1.82, 2.24) is 10.2 Å². The highest BCUT2D eigenvalue weighted by atomic mass is 35.5. The standard InChI is InChI=1S/C28H30Cl3N3O4S/c1-18(2)32-28(36)20(4)33(16-21-7-9-22(29)10-8-21)27(35)17-34(25-14-23(30)13-24(31)15-25)39(37,38)26-11-5-19(3)6-12-26/h5-15,18,20H,16-17H2,1-4H3,(H,32,36)/t20-/m1/s1. The Morgan fingerprint density at radius 2 is 1.41 bits per heavy atom. The molecule has 3 aromatic carbocycles. The third-order valence-corrected chi connectivity index (χ3v) is 8.36. The van der Waals surface area contributed by atoms with Crippen LogP contribution < -0.4 is 9.62 Å². The second kappa shape index (κ2) is 13.0. The summed E-state index contributed by atoms with van der Waals surface area (Å²) in [7, 11) is -4.23. The van der Waals surface area contributed by atoms with Crippen LogP contribution in [0, 0.1) is 6.92 Å². The average molecular weight is 611 g/mol. The third-order valence-electron chi connectivity index (χ3n) is 5.89. The van der Waals surface area contributed by atoms with Gasteiger partial charge in [0.05, 0.1) is 10.6 Å². The van der Waals surface area contributed by atoms with Crippen molar-refractivity contribution in [1.29, 1.82) is 0 Å². The van der Waals surface area contributed by atoms with Crippen molar-refractivity contribution in [2.75, 3.05) is 10.8 Å². The molecule has 0 spiro atoms. The zero-order valence-electron chi connectivity index (χ0n) is 22.0. The zero-order valence-corrected chi connectivity index (χ0v) is 25.1. The van der Waals surface area contributed by atoms with Crippen LogP contribution in [-0.2, 0) is 26.2 Å². The molecule has 0 bridgehead atoms. The zero-order chi connectivity index (χ0) is 28.9. The number of rotatable bonds is 10. The molecule has 1 N–H and O–H groups in total. The quantitative estimate of drug-likeness (QED) is 0.301. The van der Waals surface area contributed by atoms with Gasteiger partial charge in [-0.3, -0.25) is 13.9 Å². The number of nitrogens with zero attached hydrogens (tertiary/aromatic N) is 2. The molecule has 0 fully saturated rings. The number of benzene rings is 3. The Labute approximate surface area is 244 Å². The summed E-state index contributed by atoms with van der Waals surface area (Å²) in [4.78, 5) is 28.2. The highest BCUT2D eigenvalue weighted by Crippen LogP contribution is 2.30. The summed E-state index contributed by atoms with van der Waals surface area (Å²) in [5, 5.41) is 3.75. The first-order chi connectivity index (χ1) is 18.3. The van der Waals surface area contributed by atoms with Crippen LogP contribution in [0.15, 0.2) is 71.6 Å². The number of carbonyl (C=O) groups excluding carboxylic acids is 2. The van der Waals surface area contributed by atoms with Gasteiger partial charge in [0.2, 0.25) is 11.8 Å². The van der Waals surface area contributed by atoms with Crippen molar-refractivity contribution in [2.45, 2.75) is 51.2 Å². The molecule has 11 heteroatoms. The van der Waals surface area contributed by atoms with Crippen LogP contribution in [0.5, 0.6) is 0 Å². The van der Waals surface area contributed by atoms with E-state index in [0.717, 1.165) is 15.4 Å². The number of carbonyl (C=O) groups is 2. The maximum Gasteiger partial charge on any atom is 0.264 e. The number of amides is 2. The van der Waals surface area contributed by atoms with E-state index < -0.39 is 28.5 Å². The lowest BCUT2D eigenvalue weighted by Crippen LogP contribution is -2.52. The van der Waals surface area contributed by atoms with Gasteiger partial charge in [-0.1, -0.05) is 64.6 Å². The van der Waals surface area contributed by atoms with Crippen molar-refractivity contribution in [2.24, 2.45) is 0 Å². The van der Waals surface area contributed by atoms with E-state index in [4.69, 9.17) is 34.8 Å². The van der Waals surface area contributed by atoms with Gasteiger partial charge >= 0.3 is 0 Å². The Bertz CT molecular complexity index is 1410. The smallest absolute Gasteiger partial charge is 0.264 e. The van der Waals surface area contributed by atoms with Crippen LogP contribution in [0.1, 0.15) is 31.9 Å². The molecule has 39 heavy (non-hydrogen) atoms. The fraction of sp³-hybridized carbons (Fsp3) is 0.286. The van der Waals surface area contributed by atoms with Crippen LogP contribution in [0.25, 0.3) is 0 Å². The molecule has 2 amide bonds. The Morgan fingerprint density at radius 3 is 1.95 bits per heavy atom. The van der Waals surface area contributed by atoms with Gasteiger partial charge in [-0.2, -0.15) is 0 Å². The Kier molecular flexibility index (Phi) is 10.3. The van der Waals surface area contributed by atoms with E-state index in [2.05, 4.69) is 5.32 Å². The molecule has 0 saturated heterocycles. The molecular weight excluding hydrogens is 581 g/mol. The molecule has 3 rings (SSSR count). The van der Waals surface area contributed by atoms with Gasteiger partial charge in [0.25, 0.3) is 10.0 Å². The van der Waals surface area contributed by atoms with Crippen molar-refractivity contribution in [3.63, 3.8) is 0 Å². The highest BCUT2D eigenvalue weighted by molar-refractivity contribution is 7.92. The Balaban J connectivity index is 2.06. The topological polar surface area (TPSA) is 86.8 Å². The van der Waals surface area contributed by atoms with E-state index in [1.807, 2.05) is 20.8 Å². The van der Waals surface area contributed by atoms with Gasteiger partial charge < -0.3 is 10.2 Å². The van der Waals surface area contributed by atoms with Crippen molar-refractivity contribution < 1.29 is 18.0 Å². The molecule has 0 unspecified atom stereocenters. The van der Waals surface area contributed by atoms with Crippen molar-refractivity contribution >= 4 is 62.3 Å². The van der Waals surface area contributed by atoms with Gasteiger partial charge in [0, 0.05) is 27.7 Å². The number of sulfonamides is 1. The first-order valence-corrected chi connectivity index (χ1v) is 14.7. The van der Waals surface area contributed by atoms with Gasteiger partial charge in [0.15, 0.2) is 0 Å². The number of nitrogens with one attached hydrogen (secondary N) is 1. The Morgan fingerprint density at radius 1 is 0.846 bits per heavy atom. The summed E-state index contributed by atoms with van der Waals surface area (Å²) in [5.74, 6) is -0.964. The number of hydrogen-bond donors (Lipinski definition) is 1. The first-order valence-electron chi connectivity index (χ1n) is 12.2. The van der Waals surface area contributed by atoms with E-state index in [1.165, 1.54) is 35.2 Å². The largest absolute Gasteiger partial charge is 0.352 e. The lowest BCUT2D eigenvalue weighted by molar-refractivity contribution is -0.139. The molecule has 208 valence electrons. The predicted molar refractivity (Wildman–Crippen MR) is 157 cm³/mol. The number of hydrogen-bond acceptors (Lipinski definition) is 4. The minimum Gasteiger partial charge on any atom is -0.352 e. The van der Waals surface area contributed by atoms with E-state index in [9.17, 15) is 18.0 Å². The van der Waals surface area contributed by atoms with Gasteiger partial charge in [-0.25, -0.2) is 8.42 Å². The monoisotopic (exact) mass is 609 g/mol. The molecule has 3 aromatic rings. The summed E-state index contributed by atoms with van der Waals surface area (Å²) in [5.41, 5.74) is 1.71. The van der Waals surface area contributed by atoms with E-state index in [-0.39, 0.29) is 39.1 Å². The minimum atomic E-state index is -4.23. The summed E-state index contributed by atoms with van der Waals surface area (Å²) >= 11 is 18.4. The molecule has 7 nitrogen and oxygen atoms in total. The number of aryl methyl sites for hydroxylation is 1. The summed E-state index contributed by atoms with van der Waals surface area (Å²) in [6, 6.07) is 16.4. The number of halogens is 3. The van der Waals surface area contributed by atoms with Gasteiger partial charge in [0.1, 0.15) is 12.6 Å². The fourth-order valence-corrected chi connectivity index (χ4v) is 5.86. The minimum absolute atomic E-state index is 0.00755. The van der Waals surface area contributed by atoms with Crippen LogP contribution in [-0.4, -0.2) is 43.8 Å². The van der Waals surface area contributed by atoms with Crippen LogP contribution in [0.3, 0.4) is 0 Å². The number of anilines is 1. The first kappa shape index (κ1) is 30.8. The summed E-state index contributed by atoms with van der Waals surface area (Å²) < 4.78 is 28.6. The maximum absolute atomic E-state index is 13.9. The fourth-order valence-electron chi connectivity index (χ4n) is 3.82. The lowest BCUT2D eigenvalue weighted by Gasteiger charge is -2.32. The lowest BCUT2D eigenvalue weighted by atomic mass is 10.1. The molecular formula is C28H30Cl3N3O4S. The molecule has 0 aromatic heterocycles. The van der Waals surface area contributed by atoms with Crippen LogP contribution >= 0.6 is 34.8 Å². The SMILES string of the molecule is Cc1ccc(S(=O)(=O)N(CC(=O)N(Cc2ccc(Cl)cc2)[C@H](C)C(=O)NC(C)C)c2cc(Cl)cc(Cl)c2)cc1. The molecule has 0 aliphatic rings. The predicted octanol–water partition coefficient (Wildman–Crippen LogP) is 6.09. The molecule has 0 heterocycles. The normalized spacial score (nSPS) is 12.2. The summed E-state index contributed by atoms with van der Waals surface area (Å²) in [6.45, 7) is 6.52. The van der Waals surface area contributed by atoms with E-state index in [1.54, 1.807) is 43.3 Å².